The largest absolute Gasteiger partial charge is 0.394 e. The van der Waals surface area contributed by atoms with Crippen LogP contribution in [0, 0.1) is 11.8 Å². The first-order chi connectivity index (χ1) is 40.0. The molecule has 0 aliphatic rings. The number of hydroxylamine groups is 4. The third kappa shape index (κ3) is 72.8. The number of Topliss-reactive ketones (excluding diaryl/α,β-unsaturated/α-hetero) is 4. The van der Waals surface area contributed by atoms with Crippen molar-refractivity contribution in [2.75, 3.05) is 27.2 Å². The molecule has 0 rings (SSSR count). The summed E-state index contributed by atoms with van der Waals surface area (Å²) < 4.78 is 31.6. The number of unbranched alkanes of at least 4 members (excludes halogenated alkanes) is 48. The van der Waals surface area contributed by atoms with E-state index in [0.29, 0.717) is 25.7 Å². The average Bonchev–Trinajstić information content (AvgIpc) is 3.47. The first-order valence-corrected chi connectivity index (χ1v) is 37.1. The van der Waals surface area contributed by atoms with Crippen LogP contribution in [0.5, 0.6) is 0 Å². The van der Waals surface area contributed by atoms with Gasteiger partial charge in [-0.15, -0.1) is 0 Å². The lowest BCUT2D eigenvalue weighted by Gasteiger charge is -2.18. The van der Waals surface area contributed by atoms with Crippen LogP contribution in [-0.2, 0) is 29.6 Å². The normalized spacial score (nSPS) is 11.6. The summed E-state index contributed by atoms with van der Waals surface area (Å²) in [6.45, 7) is 9.33. The Morgan fingerprint density at radius 1 is 0.265 bits per heavy atom. The van der Waals surface area contributed by atoms with Crippen molar-refractivity contribution >= 4 is 33.5 Å². The maximum atomic E-state index is 12.8. The van der Waals surface area contributed by atoms with Crippen LogP contribution in [0.3, 0.4) is 0 Å². The molecule has 0 radical (unpaired) electrons. The Bertz CT molecular complexity index is 1310. The highest BCUT2D eigenvalue weighted by Gasteiger charge is 2.27. The second kappa shape index (κ2) is 67.9. The van der Waals surface area contributed by atoms with E-state index < -0.39 is 22.2 Å². The van der Waals surface area contributed by atoms with E-state index in [4.69, 9.17) is 17.5 Å². The number of nitrogens with zero attached hydrogens (tertiary/aromatic N) is 2. The minimum atomic E-state index is -4.67. The highest BCUT2D eigenvalue weighted by Crippen LogP contribution is 2.21. The van der Waals surface area contributed by atoms with Gasteiger partial charge in [0.1, 0.15) is 23.1 Å². The maximum Gasteiger partial charge on any atom is 0.394 e. The summed E-state index contributed by atoms with van der Waals surface area (Å²) in [6.07, 6.45) is 68.5. The van der Waals surface area contributed by atoms with E-state index >= 15 is 0 Å². The predicted octanol–water partition coefficient (Wildman–Crippen LogP) is 21.4. The molecule has 496 valence electrons. The summed E-state index contributed by atoms with van der Waals surface area (Å²) in [7, 11) is -1.60. The molecule has 0 aliphatic heterocycles. The second-order valence-corrected chi connectivity index (χ2v) is 26.0. The van der Waals surface area contributed by atoms with Gasteiger partial charge in [0.25, 0.3) is 0 Å². The quantitative estimate of drug-likeness (QED) is 0.0195. The van der Waals surface area contributed by atoms with E-state index in [1.54, 1.807) is 0 Å². The van der Waals surface area contributed by atoms with Gasteiger partial charge in [-0.3, -0.25) is 28.3 Å². The van der Waals surface area contributed by atoms with Gasteiger partial charge in [-0.1, -0.05) is 336 Å². The van der Waals surface area contributed by atoms with Crippen molar-refractivity contribution in [2.24, 2.45) is 11.8 Å². The molecule has 0 spiro atoms. The Morgan fingerprint density at radius 2 is 0.373 bits per heavy atom. The van der Waals surface area contributed by atoms with E-state index in [9.17, 15) is 29.6 Å². The van der Waals surface area contributed by atoms with Gasteiger partial charge in [0.05, 0.1) is 11.8 Å². The molecule has 0 bridgehead atoms. The maximum absolute atomic E-state index is 12.8. The molecule has 0 fully saturated rings. The van der Waals surface area contributed by atoms with E-state index in [1.807, 2.05) is 0 Å². The van der Waals surface area contributed by atoms with E-state index in [-0.39, 0.29) is 36.2 Å². The first-order valence-electron chi connectivity index (χ1n) is 35.7. The van der Waals surface area contributed by atoms with Crippen LogP contribution < -0.4 is 0 Å². The van der Waals surface area contributed by atoms with Gasteiger partial charge in [-0.05, 0) is 25.7 Å². The fourth-order valence-electron chi connectivity index (χ4n) is 11.3. The minimum absolute atomic E-state index is 0.0265. The molecule has 83 heavy (non-hydrogen) atoms. The second-order valence-electron chi connectivity index (χ2n) is 25.1. The first kappa shape index (κ1) is 85.6. The Balaban J connectivity index is -0.00000142. The van der Waals surface area contributed by atoms with E-state index in [0.717, 1.165) is 61.5 Å². The van der Waals surface area contributed by atoms with Crippen LogP contribution >= 0.6 is 0 Å². The lowest BCUT2D eigenvalue weighted by molar-refractivity contribution is -0.141. The van der Waals surface area contributed by atoms with E-state index in [1.165, 1.54) is 297 Å². The average molecular weight is 1200 g/mol. The molecule has 0 aromatic heterocycles. The number of carbonyl (C=O) groups is 4. The lowest BCUT2D eigenvalue weighted by atomic mass is 9.91. The highest BCUT2D eigenvalue weighted by molar-refractivity contribution is 7.79. The van der Waals surface area contributed by atoms with Crippen LogP contribution in [-0.4, -0.2) is 88.4 Å². The molecule has 0 atom stereocenters. The fourth-order valence-corrected chi connectivity index (χ4v) is 11.3. The molecule has 0 aromatic rings. The van der Waals surface area contributed by atoms with Crippen LogP contribution in [0.15, 0.2) is 0 Å². The zero-order valence-corrected chi connectivity index (χ0v) is 56.5. The van der Waals surface area contributed by atoms with Gasteiger partial charge in [-0.2, -0.15) is 18.5 Å². The predicted molar refractivity (Wildman–Crippen MR) is 351 cm³/mol. The third-order valence-corrected chi connectivity index (χ3v) is 16.6. The topological polar surface area (TPSA) is 190 Å². The zero-order chi connectivity index (χ0) is 62.1. The minimum Gasteiger partial charge on any atom is -0.314 e. The van der Waals surface area contributed by atoms with Crippen LogP contribution in [0.4, 0.5) is 0 Å². The number of carbonyl (C=O) groups excluding carboxylic acids is 4. The van der Waals surface area contributed by atoms with Crippen LogP contribution in [0.1, 0.15) is 387 Å². The van der Waals surface area contributed by atoms with Crippen molar-refractivity contribution < 1.29 is 47.1 Å². The third-order valence-electron chi connectivity index (χ3n) is 16.6. The molecule has 0 aromatic carbocycles. The van der Waals surface area contributed by atoms with Gasteiger partial charge in [0.15, 0.2) is 0 Å². The molecule has 0 unspecified atom stereocenters. The van der Waals surface area contributed by atoms with Crippen LogP contribution in [0.2, 0.25) is 0 Å². The van der Waals surface area contributed by atoms with Crippen molar-refractivity contribution in [3.63, 3.8) is 0 Å². The Morgan fingerprint density at radius 3 is 0.482 bits per heavy atom. The number of rotatable bonds is 64. The summed E-state index contributed by atoms with van der Waals surface area (Å²) >= 11 is 0. The van der Waals surface area contributed by atoms with Crippen molar-refractivity contribution in [1.82, 2.24) is 10.1 Å². The van der Waals surface area contributed by atoms with Gasteiger partial charge in [0, 0.05) is 52.9 Å². The van der Waals surface area contributed by atoms with Gasteiger partial charge < -0.3 is 10.4 Å². The van der Waals surface area contributed by atoms with Gasteiger partial charge in [0.2, 0.25) is 0 Å². The zero-order valence-electron chi connectivity index (χ0n) is 55.7. The summed E-state index contributed by atoms with van der Waals surface area (Å²) in [5.41, 5.74) is 0. The Kier molecular flexibility index (Phi) is 70.0. The molecular formula is C70H140N2O10S. The van der Waals surface area contributed by atoms with E-state index in [2.05, 4.69) is 27.7 Å². The van der Waals surface area contributed by atoms with Crippen molar-refractivity contribution in [3.05, 3.63) is 0 Å². The molecule has 0 saturated carbocycles. The number of hydrogen-bond acceptors (Lipinski definition) is 10. The number of hydrogen-bond donors (Lipinski definition) is 4. The highest BCUT2D eigenvalue weighted by atomic mass is 32.3. The van der Waals surface area contributed by atoms with Crippen molar-refractivity contribution in [2.45, 2.75) is 387 Å². The molecule has 4 N–H and O–H groups in total. The number of ketones is 4. The Hall–Kier alpha value is -1.61. The monoisotopic (exact) mass is 1200 g/mol. The molecule has 0 heterocycles. The van der Waals surface area contributed by atoms with Crippen molar-refractivity contribution in [3.8, 4) is 0 Å². The lowest BCUT2D eigenvalue weighted by Crippen LogP contribution is -2.34. The SMILES string of the molecule is CCCCCCCCCCCCCCCC(=O)C(CN(C)O)C(=O)CCCCCCCCCCCCCCC.CCCCCCCCCCCCCCCC(=O)C(CN(C)O)C(=O)CCCCCCCCCCCCCCC.O=S(=O)(O)O. The molecule has 0 saturated heterocycles. The summed E-state index contributed by atoms with van der Waals surface area (Å²) in [5.74, 6) is -1.21. The molecule has 12 nitrogen and oxygen atoms in total. The van der Waals surface area contributed by atoms with Gasteiger partial charge >= 0.3 is 10.4 Å². The summed E-state index contributed by atoms with van der Waals surface area (Å²) in [6, 6.07) is 0. The fraction of sp³-hybridized carbons (Fsp3) is 0.943. The molecule has 13 heteroatoms. The van der Waals surface area contributed by atoms with Crippen molar-refractivity contribution in [1.29, 1.82) is 0 Å². The smallest absolute Gasteiger partial charge is 0.314 e. The summed E-state index contributed by atoms with van der Waals surface area (Å²) in [5, 5.41) is 21.5. The summed E-state index contributed by atoms with van der Waals surface area (Å²) in [4.78, 5) is 51.2. The molecule has 0 amide bonds. The molecular weight excluding hydrogens is 1060 g/mol. The van der Waals surface area contributed by atoms with Crippen LogP contribution in [0.25, 0.3) is 0 Å². The van der Waals surface area contributed by atoms with Gasteiger partial charge in [-0.25, -0.2) is 0 Å². The Labute approximate surface area is 514 Å². The standard InChI is InChI=1S/2C35H69NO3.H2O4S/c2*1-4-6-8-10-12-14-16-18-20-22-24-26-28-30-34(37)33(32-36(3)39)35(38)31-29-27-25-23-21-19-17-15-13-11-9-7-5-2;1-5(2,3)4/h2*33,39H,4-32H2,1-3H3;(H2,1,2,3,4). The molecule has 0 aliphatic carbocycles.